The third-order valence-corrected chi connectivity index (χ3v) is 3.22. The molecule has 1 aliphatic rings. The molecule has 1 atom stereocenters. The highest BCUT2D eigenvalue weighted by molar-refractivity contribution is 5.43. The summed E-state index contributed by atoms with van der Waals surface area (Å²) < 4.78 is 26.5. The molecule has 0 spiro atoms. The molecule has 4 heteroatoms. The van der Waals surface area contributed by atoms with Gasteiger partial charge in [-0.1, -0.05) is 12.1 Å². The summed E-state index contributed by atoms with van der Waals surface area (Å²) in [6.45, 7) is 1.77. The van der Waals surface area contributed by atoms with Crippen molar-refractivity contribution in [3.05, 3.63) is 29.3 Å². The van der Waals surface area contributed by atoms with Gasteiger partial charge in [-0.05, 0) is 37.4 Å². The van der Waals surface area contributed by atoms with Crippen LogP contribution < -0.4 is 5.32 Å². The molecule has 1 aliphatic heterocycles. The number of hydrogen-bond acceptors (Lipinski definition) is 2. The molecule has 94 valence electrons. The summed E-state index contributed by atoms with van der Waals surface area (Å²) in [5.74, 6) is -3.25. The zero-order valence-electron chi connectivity index (χ0n) is 9.84. The van der Waals surface area contributed by atoms with Crippen molar-refractivity contribution in [3.8, 4) is 5.75 Å². The Bertz CT molecular complexity index is 395. The normalized spacial score (nSPS) is 20.8. The fourth-order valence-electron chi connectivity index (χ4n) is 2.31. The van der Waals surface area contributed by atoms with Crippen molar-refractivity contribution in [2.75, 3.05) is 6.54 Å². The average molecular weight is 241 g/mol. The van der Waals surface area contributed by atoms with E-state index in [1.54, 1.807) is 12.1 Å². The molecule has 1 heterocycles. The largest absolute Gasteiger partial charge is 0.507 e. The lowest BCUT2D eigenvalue weighted by Crippen LogP contribution is -2.23. The van der Waals surface area contributed by atoms with E-state index in [9.17, 15) is 13.9 Å². The van der Waals surface area contributed by atoms with E-state index in [2.05, 4.69) is 5.32 Å². The van der Waals surface area contributed by atoms with Crippen molar-refractivity contribution in [2.45, 2.75) is 38.2 Å². The standard InChI is InChI=1S/C13H17F2NO/c1-13(14,15)11-6-2-4-9(12(11)17)8-10-5-3-7-16-10/h2,4,6,10,16-17H,3,5,7-8H2,1H3. The minimum Gasteiger partial charge on any atom is -0.507 e. The lowest BCUT2D eigenvalue weighted by atomic mass is 9.98. The van der Waals surface area contributed by atoms with Gasteiger partial charge in [0.05, 0.1) is 5.56 Å². The molecular weight excluding hydrogens is 224 g/mol. The second-order valence-electron chi connectivity index (χ2n) is 4.70. The lowest BCUT2D eigenvalue weighted by molar-refractivity contribution is 0.0150. The second-order valence-corrected chi connectivity index (χ2v) is 4.70. The predicted octanol–water partition coefficient (Wildman–Crippen LogP) is 2.80. The molecule has 0 radical (unpaired) electrons. The average Bonchev–Trinajstić information content (AvgIpc) is 2.72. The van der Waals surface area contributed by atoms with Crippen LogP contribution in [0.5, 0.6) is 5.75 Å². The first-order valence-electron chi connectivity index (χ1n) is 5.91. The van der Waals surface area contributed by atoms with Crippen molar-refractivity contribution in [1.82, 2.24) is 5.32 Å². The quantitative estimate of drug-likeness (QED) is 0.852. The molecule has 17 heavy (non-hydrogen) atoms. The van der Waals surface area contributed by atoms with Gasteiger partial charge < -0.3 is 10.4 Å². The Labute approximate surface area is 99.7 Å². The maximum atomic E-state index is 13.2. The molecule has 0 aromatic heterocycles. The van der Waals surface area contributed by atoms with Gasteiger partial charge in [0.15, 0.2) is 0 Å². The summed E-state index contributed by atoms with van der Waals surface area (Å²) in [5.41, 5.74) is 0.316. The van der Waals surface area contributed by atoms with Crippen molar-refractivity contribution >= 4 is 0 Å². The molecule has 1 saturated heterocycles. The van der Waals surface area contributed by atoms with Crippen LogP contribution in [0.15, 0.2) is 18.2 Å². The van der Waals surface area contributed by atoms with Crippen LogP contribution in [-0.2, 0) is 12.3 Å². The van der Waals surface area contributed by atoms with Gasteiger partial charge in [-0.25, -0.2) is 8.78 Å². The van der Waals surface area contributed by atoms with Gasteiger partial charge in [-0.3, -0.25) is 0 Å². The van der Waals surface area contributed by atoms with E-state index >= 15 is 0 Å². The topological polar surface area (TPSA) is 32.3 Å². The zero-order chi connectivity index (χ0) is 12.5. The van der Waals surface area contributed by atoms with E-state index < -0.39 is 5.92 Å². The van der Waals surface area contributed by atoms with Gasteiger partial charge in [0.2, 0.25) is 0 Å². The maximum Gasteiger partial charge on any atom is 0.274 e. The highest BCUT2D eigenvalue weighted by Crippen LogP contribution is 2.36. The minimum atomic E-state index is -3.00. The monoisotopic (exact) mass is 241 g/mol. The molecule has 1 unspecified atom stereocenters. The van der Waals surface area contributed by atoms with E-state index in [1.165, 1.54) is 6.07 Å². The molecule has 2 rings (SSSR count). The van der Waals surface area contributed by atoms with E-state index in [-0.39, 0.29) is 11.3 Å². The molecular formula is C13H17F2NO. The molecule has 2 N–H and O–H groups in total. The van der Waals surface area contributed by atoms with Gasteiger partial charge in [0.25, 0.3) is 5.92 Å². The number of phenolic OH excluding ortho intramolecular Hbond substituents is 1. The Morgan fingerprint density at radius 1 is 1.47 bits per heavy atom. The van der Waals surface area contributed by atoms with Crippen molar-refractivity contribution in [2.24, 2.45) is 0 Å². The summed E-state index contributed by atoms with van der Waals surface area (Å²) in [4.78, 5) is 0. The summed E-state index contributed by atoms with van der Waals surface area (Å²) in [5, 5.41) is 13.2. The van der Waals surface area contributed by atoms with Crippen molar-refractivity contribution in [3.63, 3.8) is 0 Å². The first kappa shape index (κ1) is 12.3. The summed E-state index contributed by atoms with van der Waals surface area (Å²) in [6.07, 6.45) is 2.75. The molecule has 0 aliphatic carbocycles. The van der Waals surface area contributed by atoms with Crippen LogP contribution in [0.25, 0.3) is 0 Å². The Balaban J connectivity index is 2.22. The third kappa shape index (κ3) is 2.75. The molecule has 0 amide bonds. The smallest absolute Gasteiger partial charge is 0.274 e. The Hall–Kier alpha value is -1.16. The van der Waals surface area contributed by atoms with E-state index in [0.29, 0.717) is 18.0 Å². The molecule has 1 aromatic rings. The SMILES string of the molecule is CC(F)(F)c1cccc(CC2CCCN2)c1O. The molecule has 1 fully saturated rings. The predicted molar refractivity (Wildman–Crippen MR) is 62.4 cm³/mol. The van der Waals surface area contributed by atoms with Gasteiger partial charge >= 0.3 is 0 Å². The Morgan fingerprint density at radius 3 is 2.82 bits per heavy atom. The van der Waals surface area contributed by atoms with Gasteiger partial charge in [0, 0.05) is 13.0 Å². The zero-order valence-corrected chi connectivity index (χ0v) is 9.84. The number of alkyl halides is 2. The highest BCUT2D eigenvalue weighted by Gasteiger charge is 2.29. The highest BCUT2D eigenvalue weighted by atomic mass is 19.3. The second kappa shape index (κ2) is 4.61. The van der Waals surface area contributed by atoms with E-state index in [4.69, 9.17) is 0 Å². The Kier molecular flexibility index (Phi) is 3.33. The van der Waals surface area contributed by atoms with Crippen LogP contribution in [0.3, 0.4) is 0 Å². The Morgan fingerprint density at radius 2 is 2.24 bits per heavy atom. The van der Waals surface area contributed by atoms with E-state index in [1.807, 2.05) is 0 Å². The summed E-state index contributed by atoms with van der Waals surface area (Å²) in [6, 6.07) is 4.86. The van der Waals surface area contributed by atoms with Crippen LogP contribution in [0, 0.1) is 0 Å². The van der Waals surface area contributed by atoms with Crippen LogP contribution in [-0.4, -0.2) is 17.7 Å². The third-order valence-electron chi connectivity index (χ3n) is 3.22. The first-order valence-corrected chi connectivity index (χ1v) is 5.91. The lowest BCUT2D eigenvalue weighted by Gasteiger charge is -2.17. The van der Waals surface area contributed by atoms with Crippen LogP contribution in [0.4, 0.5) is 8.78 Å². The van der Waals surface area contributed by atoms with Crippen LogP contribution >= 0.6 is 0 Å². The number of aromatic hydroxyl groups is 1. The minimum absolute atomic E-state index is 0.256. The molecule has 0 saturated carbocycles. The fraction of sp³-hybridized carbons (Fsp3) is 0.538. The number of rotatable bonds is 3. The number of phenols is 1. The number of hydrogen-bond donors (Lipinski definition) is 2. The van der Waals surface area contributed by atoms with Crippen LogP contribution in [0.1, 0.15) is 30.9 Å². The van der Waals surface area contributed by atoms with Gasteiger partial charge in [-0.15, -0.1) is 0 Å². The number of halogens is 2. The van der Waals surface area contributed by atoms with Gasteiger partial charge in [0.1, 0.15) is 5.75 Å². The first-order chi connectivity index (χ1) is 7.98. The number of benzene rings is 1. The molecule has 1 aromatic carbocycles. The molecule has 0 bridgehead atoms. The van der Waals surface area contributed by atoms with Crippen molar-refractivity contribution in [1.29, 1.82) is 0 Å². The maximum absolute atomic E-state index is 13.2. The van der Waals surface area contributed by atoms with E-state index in [0.717, 1.165) is 26.3 Å². The summed E-state index contributed by atoms with van der Waals surface area (Å²) in [7, 11) is 0. The number of nitrogens with one attached hydrogen (secondary N) is 1. The fourth-order valence-corrected chi connectivity index (χ4v) is 2.31. The summed E-state index contributed by atoms with van der Waals surface area (Å²) >= 11 is 0. The van der Waals surface area contributed by atoms with Gasteiger partial charge in [-0.2, -0.15) is 0 Å². The molecule has 2 nitrogen and oxygen atoms in total. The van der Waals surface area contributed by atoms with Crippen molar-refractivity contribution < 1.29 is 13.9 Å². The van der Waals surface area contributed by atoms with Crippen LogP contribution in [0.2, 0.25) is 0 Å². The number of para-hydroxylation sites is 1.